The Morgan fingerprint density at radius 3 is 2.62 bits per heavy atom. The van der Waals surface area contributed by atoms with Crippen molar-refractivity contribution >= 4 is 28.3 Å². The number of rotatable bonds is 5. The molecule has 24 heavy (non-hydrogen) atoms. The Balaban J connectivity index is 0.00000288. The van der Waals surface area contributed by atoms with Crippen molar-refractivity contribution < 1.29 is 17.9 Å². The van der Waals surface area contributed by atoms with Gasteiger partial charge in [0.25, 0.3) is 0 Å². The van der Waals surface area contributed by atoms with Crippen LogP contribution in [0, 0.1) is 6.92 Å². The Morgan fingerprint density at radius 2 is 2.08 bits per heavy atom. The third-order valence-electron chi connectivity index (χ3n) is 4.30. The van der Waals surface area contributed by atoms with E-state index in [1.807, 2.05) is 0 Å². The molecule has 1 aromatic carbocycles. The number of sulfonamides is 1. The second kappa shape index (κ2) is 8.26. The van der Waals surface area contributed by atoms with Crippen molar-refractivity contribution in [2.45, 2.75) is 36.8 Å². The van der Waals surface area contributed by atoms with E-state index in [0.29, 0.717) is 24.9 Å². The summed E-state index contributed by atoms with van der Waals surface area (Å²) in [7, 11) is -2.13. The third-order valence-corrected chi connectivity index (χ3v) is 6.25. The Kier molecular flexibility index (Phi) is 7.18. The first-order valence-corrected chi connectivity index (χ1v) is 8.90. The second-order valence-electron chi connectivity index (χ2n) is 5.73. The molecule has 2 atom stereocenters. The maximum Gasteiger partial charge on any atom is 0.249 e. The molecule has 7 nitrogen and oxygen atoms in total. The highest BCUT2D eigenvalue weighted by molar-refractivity contribution is 7.89. The quantitative estimate of drug-likeness (QED) is 0.781. The molecule has 1 fully saturated rings. The molecule has 0 saturated carbocycles. The van der Waals surface area contributed by atoms with E-state index >= 15 is 0 Å². The van der Waals surface area contributed by atoms with Crippen molar-refractivity contribution in [2.75, 3.05) is 20.2 Å². The fourth-order valence-electron chi connectivity index (χ4n) is 2.90. The molecule has 2 rings (SSSR count). The molecule has 0 aromatic heterocycles. The molecule has 1 heterocycles. The van der Waals surface area contributed by atoms with Crippen LogP contribution >= 0.6 is 12.4 Å². The lowest BCUT2D eigenvalue weighted by atomic mass is 10.0. The summed E-state index contributed by atoms with van der Waals surface area (Å²) >= 11 is 0. The summed E-state index contributed by atoms with van der Waals surface area (Å²) in [6.45, 7) is 2.26. The molecule has 1 saturated heterocycles. The Morgan fingerprint density at radius 1 is 1.42 bits per heavy atom. The van der Waals surface area contributed by atoms with Crippen LogP contribution < -0.4 is 11.5 Å². The van der Waals surface area contributed by atoms with Gasteiger partial charge in [0.05, 0.1) is 11.0 Å². The lowest BCUT2D eigenvalue weighted by molar-refractivity contribution is 0.0401. The number of nitrogens with two attached hydrogens (primary N) is 2. The van der Waals surface area contributed by atoms with Gasteiger partial charge in [-0.2, -0.15) is 4.31 Å². The number of hydrogen-bond donors (Lipinski definition) is 2. The summed E-state index contributed by atoms with van der Waals surface area (Å²) in [5, 5.41) is 0. The number of nitrogens with zero attached hydrogens (tertiary/aromatic N) is 1. The van der Waals surface area contributed by atoms with E-state index < -0.39 is 15.9 Å². The van der Waals surface area contributed by atoms with Crippen LogP contribution in [0.5, 0.6) is 0 Å². The minimum absolute atomic E-state index is 0. The van der Waals surface area contributed by atoms with Gasteiger partial charge in [0, 0.05) is 31.8 Å². The summed E-state index contributed by atoms with van der Waals surface area (Å²) in [5.41, 5.74) is 11.9. The van der Waals surface area contributed by atoms with Gasteiger partial charge in [-0.3, -0.25) is 4.79 Å². The number of aryl methyl sites for hydroxylation is 1. The molecule has 1 aromatic rings. The number of amides is 1. The first-order chi connectivity index (χ1) is 10.8. The normalized spacial score (nSPS) is 22.0. The molecular formula is C15H24ClN3O4S. The van der Waals surface area contributed by atoms with Crippen molar-refractivity contribution in [3.8, 4) is 0 Å². The number of hydrogen-bond acceptors (Lipinski definition) is 5. The van der Waals surface area contributed by atoms with Gasteiger partial charge >= 0.3 is 0 Å². The number of carbonyl (C=O) groups is 1. The molecule has 0 aliphatic carbocycles. The number of primary amides is 1. The molecule has 1 aliphatic heterocycles. The zero-order chi connectivity index (χ0) is 17.2. The number of carbonyl (C=O) groups excluding carboxylic acids is 1. The topological polar surface area (TPSA) is 116 Å². The summed E-state index contributed by atoms with van der Waals surface area (Å²) in [4.78, 5) is 11.5. The SMILES string of the molecule is COC1CCN(S(=O)(=O)c2ccc(C)c(C(N)=O)c2)C(CN)C1.Cl. The molecule has 9 heteroatoms. The van der Waals surface area contributed by atoms with Crippen LogP contribution in [-0.2, 0) is 14.8 Å². The molecule has 1 aliphatic rings. The first kappa shape index (κ1) is 20.9. The molecule has 136 valence electrons. The van der Waals surface area contributed by atoms with Crippen molar-refractivity contribution in [2.24, 2.45) is 11.5 Å². The van der Waals surface area contributed by atoms with Crippen LogP contribution in [0.4, 0.5) is 0 Å². The summed E-state index contributed by atoms with van der Waals surface area (Å²) in [6, 6.07) is 4.10. The zero-order valence-electron chi connectivity index (χ0n) is 13.8. The van der Waals surface area contributed by atoms with E-state index in [4.69, 9.17) is 16.2 Å². The summed E-state index contributed by atoms with van der Waals surface area (Å²) < 4.78 is 32.5. The largest absolute Gasteiger partial charge is 0.381 e. The van der Waals surface area contributed by atoms with E-state index in [9.17, 15) is 13.2 Å². The highest BCUT2D eigenvalue weighted by Gasteiger charge is 2.36. The highest BCUT2D eigenvalue weighted by Crippen LogP contribution is 2.27. The first-order valence-electron chi connectivity index (χ1n) is 7.46. The van der Waals surface area contributed by atoms with Gasteiger partial charge in [-0.25, -0.2) is 8.42 Å². The average molecular weight is 378 g/mol. The number of piperidine rings is 1. The second-order valence-corrected chi connectivity index (χ2v) is 7.62. The third kappa shape index (κ3) is 4.07. The fourth-order valence-corrected chi connectivity index (χ4v) is 4.59. The van der Waals surface area contributed by atoms with E-state index in [-0.39, 0.29) is 41.6 Å². The van der Waals surface area contributed by atoms with Crippen LogP contribution in [0.15, 0.2) is 23.1 Å². The molecular weight excluding hydrogens is 354 g/mol. The van der Waals surface area contributed by atoms with Crippen molar-refractivity contribution in [3.05, 3.63) is 29.3 Å². The van der Waals surface area contributed by atoms with E-state index in [1.54, 1.807) is 20.1 Å². The lowest BCUT2D eigenvalue weighted by Crippen LogP contribution is -2.51. The van der Waals surface area contributed by atoms with Gasteiger partial charge in [-0.15, -0.1) is 12.4 Å². The minimum Gasteiger partial charge on any atom is -0.381 e. The predicted molar refractivity (Wildman–Crippen MR) is 93.7 cm³/mol. The molecule has 0 spiro atoms. The zero-order valence-corrected chi connectivity index (χ0v) is 15.4. The van der Waals surface area contributed by atoms with Gasteiger partial charge in [0.15, 0.2) is 0 Å². The monoisotopic (exact) mass is 377 g/mol. The van der Waals surface area contributed by atoms with Crippen LogP contribution in [0.2, 0.25) is 0 Å². The van der Waals surface area contributed by atoms with E-state index in [1.165, 1.54) is 16.4 Å². The molecule has 1 amide bonds. The number of benzene rings is 1. The number of ether oxygens (including phenoxy) is 1. The smallest absolute Gasteiger partial charge is 0.249 e. The Labute approximate surface area is 148 Å². The van der Waals surface area contributed by atoms with Gasteiger partial charge in [-0.05, 0) is 37.5 Å². The summed E-state index contributed by atoms with van der Waals surface area (Å²) in [5.74, 6) is -0.645. The highest BCUT2D eigenvalue weighted by atomic mass is 35.5. The average Bonchev–Trinajstić information content (AvgIpc) is 2.53. The van der Waals surface area contributed by atoms with E-state index in [2.05, 4.69) is 0 Å². The number of methoxy groups -OCH3 is 1. The fraction of sp³-hybridized carbons (Fsp3) is 0.533. The molecule has 0 bridgehead atoms. The Bertz CT molecular complexity index is 696. The van der Waals surface area contributed by atoms with Crippen LogP contribution in [0.3, 0.4) is 0 Å². The summed E-state index contributed by atoms with van der Waals surface area (Å²) in [6.07, 6.45) is 1.18. The van der Waals surface area contributed by atoms with Crippen LogP contribution in [-0.4, -0.2) is 51.0 Å². The van der Waals surface area contributed by atoms with Crippen LogP contribution in [0.25, 0.3) is 0 Å². The standard InChI is InChI=1S/C15H23N3O4S.ClH/c1-10-3-4-13(8-14(10)15(17)19)23(20,21)18-6-5-12(22-2)7-11(18)9-16;/h3-4,8,11-12H,5-7,9,16H2,1-2H3,(H2,17,19);1H. The maximum atomic E-state index is 12.9. The predicted octanol–water partition coefficient (Wildman–Crippen LogP) is 0.643. The van der Waals surface area contributed by atoms with E-state index in [0.717, 1.165) is 0 Å². The maximum absolute atomic E-state index is 12.9. The van der Waals surface area contributed by atoms with Gasteiger partial charge in [-0.1, -0.05) is 6.07 Å². The van der Waals surface area contributed by atoms with Crippen molar-refractivity contribution in [3.63, 3.8) is 0 Å². The Hall–Kier alpha value is -1.19. The number of halogens is 1. The van der Waals surface area contributed by atoms with Gasteiger partial charge in [0.1, 0.15) is 0 Å². The van der Waals surface area contributed by atoms with Crippen LogP contribution in [0.1, 0.15) is 28.8 Å². The molecule has 0 radical (unpaired) electrons. The molecule has 4 N–H and O–H groups in total. The minimum atomic E-state index is -3.74. The lowest BCUT2D eigenvalue weighted by Gasteiger charge is -2.37. The van der Waals surface area contributed by atoms with Gasteiger partial charge in [0.2, 0.25) is 15.9 Å². The van der Waals surface area contributed by atoms with Gasteiger partial charge < -0.3 is 16.2 Å². The molecule has 2 unspecified atom stereocenters. The van der Waals surface area contributed by atoms with Crippen molar-refractivity contribution in [1.29, 1.82) is 0 Å². The van der Waals surface area contributed by atoms with Crippen molar-refractivity contribution in [1.82, 2.24) is 4.31 Å².